The summed E-state index contributed by atoms with van der Waals surface area (Å²) in [6.07, 6.45) is 10.7. The zero-order valence-electron chi connectivity index (χ0n) is 22.2. The Morgan fingerprint density at radius 2 is 1.92 bits per heavy atom. The van der Waals surface area contributed by atoms with Gasteiger partial charge in [-0.25, -0.2) is 4.79 Å². The van der Waals surface area contributed by atoms with Crippen molar-refractivity contribution in [2.45, 2.75) is 65.6 Å². The van der Waals surface area contributed by atoms with Gasteiger partial charge in [0, 0.05) is 36.1 Å². The van der Waals surface area contributed by atoms with Gasteiger partial charge in [-0.3, -0.25) is 9.59 Å². The van der Waals surface area contributed by atoms with Crippen LogP contribution in [0.2, 0.25) is 0 Å². The molecule has 0 aromatic heterocycles. The summed E-state index contributed by atoms with van der Waals surface area (Å²) in [4.78, 5) is 38.1. The van der Waals surface area contributed by atoms with Crippen molar-refractivity contribution in [2.75, 3.05) is 5.32 Å². The predicted molar refractivity (Wildman–Crippen MR) is 145 cm³/mol. The highest BCUT2D eigenvalue weighted by atomic mass is 16.6. The molecule has 0 radical (unpaired) electrons. The third-order valence-corrected chi connectivity index (χ3v) is 6.19. The fourth-order valence-corrected chi connectivity index (χ4v) is 4.02. The molecule has 0 spiro atoms. The van der Waals surface area contributed by atoms with Gasteiger partial charge < -0.3 is 25.0 Å². The molecule has 0 saturated carbocycles. The Morgan fingerprint density at radius 3 is 2.63 bits per heavy atom. The van der Waals surface area contributed by atoms with Crippen molar-refractivity contribution in [1.29, 1.82) is 0 Å². The van der Waals surface area contributed by atoms with Crippen molar-refractivity contribution in [3.05, 3.63) is 71.1 Å². The summed E-state index contributed by atoms with van der Waals surface area (Å²) in [5, 5.41) is 23.6. The maximum atomic E-state index is 12.7. The van der Waals surface area contributed by atoms with Crippen LogP contribution in [-0.2, 0) is 19.1 Å². The first kappa shape index (κ1) is 28.7. The van der Waals surface area contributed by atoms with E-state index >= 15 is 0 Å². The number of nitrogens with one attached hydrogen (secondary N) is 1. The van der Waals surface area contributed by atoms with E-state index in [0.717, 1.165) is 12.0 Å². The second-order valence-electron chi connectivity index (χ2n) is 9.70. The average Bonchev–Trinajstić information content (AvgIpc) is 2.86. The zero-order valence-corrected chi connectivity index (χ0v) is 22.2. The van der Waals surface area contributed by atoms with Crippen LogP contribution >= 0.6 is 0 Å². The average molecular weight is 522 g/mol. The summed E-state index contributed by atoms with van der Waals surface area (Å²) in [5.41, 5.74) is 1.86. The number of fused-ring (bicyclic) bond motifs is 1. The first-order valence-corrected chi connectivity index (χ1v) is 12.7. The SMILES string of the molecule is CC[C@@H]1C=C[C@H](O)[C@H](C=C(C)C)OC(=O)/C(C)=C\CC(=O)Nc2cc(O)cc3c2O/C(=C\C(=O)CC1)C=C3. The van der Waals surface area contributed by atoms with Gasteiger partial charge in [0.2, 0.25) is 5.91 Å². The molecule has 202 valence electrons. The van der Waals surface area contributed by atoms with Crippen LogP contribution in [0.5, 0.6) is 11.5 Å². The summed E-state index contributed by atoms with van der Waals surface area (Å²) in [7, 11) is 0. The summed E-state index contributed by atoms with van der Waals surface area (Å²) < 4.78 is 11.5. The lowest BCUT2D eigenvalue weighted by Gasteiger charge is -2.20. The van der Waals surface area contributed by atoms with Crippen LogP contribution in [0.1, 0.15) is 58.9 Å². The van der Waals surface area contributed by atoms with Gasteiger partial charge in [-0.1, -0.05) is 30.7 Å². The molecule has 0 fully saturated rings. The number of ketones is 1. The number of aliphatic hydroxyl groups is 1. The van der Waals surface area contributed by atoms with E-state index in [9.17, 15) is 24.6 Å². The minimum Gasteiger partial charge on any atom is -0.508 e. The number of carbonyl (C=O) groups is 3. The Hall–Kier alpha value is -3.91. The monoisotopic (exact) mass is 521 g/mol. The van der Waals surface area contributed by atoms with Crippen LogP contribution in [0, 0.1) is 5.92 Å². The number of esters is 1. The molecule has 0 unspecified atom stereocenters. The Balaban J connectivity index is 1.96. The van der Waals surface area contributed by atoms with Crippen LogP contribution in [0.3, 0.4) is 0 Å². The number of aliphatic hydroxyl groups excluding tert-OH is 1. The van der Waals surface area contributed by atoms with Crippen molar-refractivity contribution in [3.63, 3.8) is 0 Å². The molecule has 3 rings (SSSR count). The van der Waals surface area contributed by atoms with E-state index in [-0.39, 0.29) is 41.6 Å². The van der Waals surface area contributed by atoms with Gasteiger partial charge in [-0.2, -0.15) is 0 Å². The Bertz CT molecular complexity index is 1230. The predicted octanol–water partition coefficient (Wildman–Crippen LogP) is 5.14. The van der Waals surface area contributed by atoms with Crippen LogP contribution in [-0.4, -0.2) is 40.1 Å². The highest BCUT2D eigenvalue weighted by molar-refractivity contribution is 5.96. The Labute approximate surface area is 223 Å². The third kappa shape index (κ3) is 8.05. The number of carbonyl (C=O) groups excluding carboxylic acids is 3. The second-order valence-corrected chi connectivity index (χ2v) is 9.70. The second kappa shape index (κ2) is 13.1. The molecule has 8 nitrogen and oxygen atoms in total. The molecule has 8 heteroatoms. The molecule has 0 aliphatic carbocycles. The lowest BCUT2D eigenvalue weighted by molar-refractivity contribution is -0.145. The number of phenolic OH excluding ortho intramolecular Hbond substituents is 1. The Kier molecular flexibility index (Phi) is 9.85. The standard InChI is InChI=1S/C30H35NO7/c1-5-20-7-10-22(32)16-24-11-9-21-15-23(33)17-25(29(21)37-24)31-28(35)13-6-19(4)30(36)38-27(14-18(2)3)26(34)12-8-20/h6,8-9,11-12,14-17,20,26-27,33-34H,5,7,10,13H2,1-4H3,(H,31,35)/b12-8?,19-6-,24-16-/t20-,26-,27-/m0/s1. The van der Waals surface area contributed by atoms with Gasteiger partial charge in [-0.15, -0.1) is 0 Å². The van der Waals surface area contributed by atoms with Gasteiger partial charge in [0.1, 0.15) is 23.7 Å². The molecule has 38 heavy (non-hydrogen) atoms. The normalized spacial score (nSPS) is 25.6. The fourth-order valence-electron chi connectivity index (χ4n) is 4.02. The number of benzene rings is 1. The van der Waals surface area contributed by atoms with Crippen molar-refractivity contribution < 1.29 is 34.1 Å². The van der Waals surface area contributed by atoms with Crippen molar-refractivity contribution in [3.8, 4) is 11.5 Å². The van der Waals surface area contributed by atoms with E-state index in [1.54, 1.807) is 24.3 Å². The number of amides is 1. The summed E-state index contributed by atoms with van der Waals surface area (Å²) in [6.45, 7) is 7.21. The quantitative estimate of drug-likeness (QED) is 0.364. The number of allylic oxidation sites excluding steroid dienone is 4. The molecule has 2 bridgehead atoms. The summed E-state index contributed by atoms with van der Waals surface area (Å²) in [5.74, 6) is -0.637. The van der Waals surface area contributed by atoms with Gasteiger partial charge in [-0.05, 0) is 63.8 Å². The fraction of sp³-hybridized carbons (Fsp3) is 0.367. The molecule has 3 atom stereocenters. The molecule has 0 saturated heterocycles. The van der Waals surface area contributed by atoms with Crippen molar-refractivity contribution in [2.24, 2.45) is 5.92 Å². The highest BCUT2D eigenvalue weighted by Gasteiger charge is 2.22. The number of rotatable bonds is 2. The molecule has 3 N–H and O–H groups in total. The van der Waals surface area contributed by atoms with Crippen LogP contribution in [0.25, 0.3) is 6.08 Å². The van der Waals surface area contributed by atoms with Gasteiger partial charge >= 0.3 is 5.97 Å². The minimum absolute atomic E-state index is 0.0376. The highest BCUT2D eigenvalue weighted by Crippen LogP contribution is 2.38. The number of cyclic esters (lactones) is 1. The number of anilines is 1. The van der Waals surface area contributed by atoms with E-state index in [1.165, 1.54) is 31.2 Å². The van der Waals surface area contributed by atoms with Crippen LogP contribution in [0.4, 0.5) is 5.69 Å². The van der Waals surface area contributed by atoms with Gasteiger partial charge in [0.05, 0.1) is 5.69 Å². The molecule has 1 aromatic rings. The van der Waals surface area contributed by atoms with E-state index in [2.05, 4.69) is 5.32 Å². The summed E-state index contributed by atoms with van der Waals surface area (Å²) in [6, 6.07) is 2.85. The number of phenols is 1. The molecule has 2 aliphatic heterocycles. The molecule has 2 heterocycles. The molecule has 2 aliphatic rings. The molecule has 1 aromatic carbocycles. The number of hydrogen-bond acceptors (Lipinski definition) is 7. The molecule has 1 amide bonds. The first-order valence-electron chi connectivity index (χ1n) is 12.7. The third-order valence-electron chi connectivity index (χ3n) is 6.19. The van der Waals surface area contributed by atoms with E-state index < -0.39 is 24.1 Å². The maximum Gasteiger partial charge on any atom is 0.334 e. The van der Waals surface area contributed by atoms with Crippen LogP contribution in [0.15, 0.2) is 65.5 Å². The lowest BCUT2D eigenvalue weighted by atomic mass is 9.96. The van der Waals surface area contributed by atoms with Crippen molar-refractivity contribution in [1.82, 2.24) is 0 Å². The van der Waals surface area contributed by atoms with Crippen LogP contribution < -0.4 is 10.1 Å². The maximum absolute atomic E-state index is 12.7. The molecular formula is C30H35NO7. The zero-order chi connectivity index (χ0) is 27.8. The first-order chi connectivity index (χ1) is 18.0. The number of hydrogen-bond donors (Lipinski definition) is 3. The Morgan fingerprint density at radius 1 is 1.16 bits per heavy atom. The van der Waals surface area contributed by atoms with E-state index in [4.69, 9.17) is 9.47 Å². The lowest BCUT2D eigenvalue weighted by Crippen LogP contribution is -2.29. The summed E-state index contributed by atoms with van der Waals surface area (Å²) >= 11 is 0. The number of ether oxygens (including phenoxy) is 2. The van der Waals surface area contributed by atoms with Gasteiger partial charge in [0.25, 0.3) is 0 Å². The largest absolute Gasteiger partial charge is 0.508 e. The van der Waals surface area contributed by atoms with E-state index in [1.807, 2.05) is 26.8 Å². The topological polar surface area (TPSA) is 122 Å². The van der Waals surface area contributed by atoms with E-state index in [0.29, 0.717) is 23.5 Å². The number of aromatic hydroxyl groups is 1. The van der Waals surface area contributed by atoms with Crippen molar-refractivity contribution >= 4 is 29.4 Å². The minimum atomic E-state index is -1.08. The smallest absolute Gasteiger partial charge is 0.334 e. The van der Waals surface area contributed by atoms with Gasteiger partial charge in [0.15, 0.2) is 11.5 Å². The molecular weight excluding hydrogens is 486 g/mol.